The summed E-state index contributed by atoms with van der Waals surface area (Å²) in [4.78, 5) is 38.6. The van der Waals surface area contributed by atoms with Crippen LogP contribution in [0, 0.1) is 30.1 Å². The van der Waals surface area contributed by atoms with Crippen molar-refractivity contribution in [3.63, 3.8) is 0 Å². The topological polar surface area (TPSA) is 194 Å². The Bertz CT molecular complexity index is 2860. The highest BCUT2D eigenvalue weighted by atomic mass is 32.1. The van der Waals surface area contributed by atoms with E-state index in [9.17, 15) is 14.7 Å². The van der Waals surface area contributed by atoms with Crippen LogP contribution in [-0.2, 0) is 29.0 Å². The molecule has 4 saturated carbocycles. The summed E-state index contributed by atoms with van der Waals surface area (Å²) in [7, 11) is 4.20. The average Bonchev–Trinajstić information content (AvgIpc) is 4.12. The van der Waals surface area contributed by atoms with Crippen molar-refractivity contribution in [2.45, 2.75) is 156 Å². The predicted octanol–water partition coefficient (Wildman–Crippen LogP) is 10.7. The van der Waals surface area contributed by atoms with Crippen LogP contribution < -0.4 is 15.5 Å². The number of thiazole rings is 1. The van der Waals surface area contributed by atoms with E-state index >= 15 is 0 Å². The van der Waals surface area contributed by atoms with E-state index in [1.807, 2.05) is 72.1 Å². The molecule has 0 spiro atoms. The Morgan fingerprint density at radius 2 is 1.61 bits per heavy atom. The lowest BCUT2D eigenvalue weighted by Gasteiger charge is -2.69. The van der Waals surface area contributed by atoms with Crippen LogP contribution >= 0.6 is 11.3 Å². The number of pyridine rings is 1. The molecule has 396 valence electrons. The first-order chi connectivity index (χ1) is 35.5. The quantitative estimate of drug-likeness (QED) is 0.0412. The third-order valence-electron chi connectivity index (χ3n) is 15.7. The lowest BCUT2D eigenvalue weighted by molar-refractivity contribution is -0.248. The molecule has 5 heterocycles. The molecule has 3 N–H and O–H groups in total. The number of likely N-dealkylation sites (N-methyl/N-ethyl adjacent to an activating group) is 1. The second-order valence-corrected chi connectivity index (χ2v) is 24.0. The van der Waals surface area contributed by atoms with Crippen molar-refractivity contribution in [3.8, 4) is 11.1 Å². The summed E-state index contributed by atoms with van der Waals surface area (Å²) in [6, 6.07) is 13.8. The summed E-state index contributed by atoms with van der Waals surface area (Å²) < 4.78 is 12.0. The van der Waals surface area contributed by atoms with Gasteiger partial charge in [-0.3, -0.25) is 14.2 Å². The van der Waals surface area contributed by atoms with Crippen LogP contribution in [0.3, 0.4) is 0 Å². The van der Waals surface area contributed by atoms with Crippen LogP contribution in [0.5, 0.6) is 0 Å². The van der Waals surface area contributed by atoms with E-state index in [-0.39, 0.29) is 33.4 Å². The number of amides is 1. The van der Waals surface area contributed by atoms with Crippen LogP contribution in [0.15, 0.2) is 54.9 Å². The first-order valence-corrected chi connectivity index (χ1v) is 27.8. The zero-order valence-electron chi connectivity index (χ0n) is 44.8. The molecule has 18 heteroatoms. The number of carbonyl (C=O) groups excluding carboxylic acids is 1. The average molecular weight is 1030 g/mol. The van der Waals surface area contributed by atoms with Crippen molar-refractivity contribution in [1.82, 2.24) is 55.2 Å². The van der Waals surface area contributed by atoms with E-state index in [2.05, 4.69) is 76.7 Å². The SMILES string of the molecule is CCC(=O)NCCCCCCCc1cn(CCCCCN(c2cc(C)c(Nc3nc4ccccc4s3)nn2)c2ccc(-c3cnn(CC45CC6(OCCN(C)C)C[C@](C)(C4)C[C@](C)(C5)C6)c3C)c(C(=O)O)n2)nn1. The number of hydrogen-bond acceptors (Lipinski definition) is 14. The molecule has 10 rings (SSSR count). The van der Waals surface area contributed by atoms with E-state index < -0.39 is 5.97 Å². The van der Waals surface area contributed by atoms with Gasteiger partial charge in [-0.1, -0.05) is 68.7 Å². The number of ether oxygens (including phenoxy) is 1. The van der Waals surface area contributed by atoms with Gasteiger partial charge in [0.1, 0.15) is 5.82 Å². The van der Waals surface area contributed by atoms with Gasteiger partial charge in [0, 0.05) is 62.2 Å². The van der Waals surface area contributed by atoms with Crippen LogP contribution in [0.2, 0.25) is 0 Å². The summed E-state index contributed by atoms with van der Waals surface area (Å²) in [6.07, 6.45) is 20.1. The van der Waals surface area contributed by atoms with E-state index in [4.69, 9.17) is 24.9 Å². The molecule has 74 heavy (non-hydrogen) atoms. The monoisotopic (exact) mass is 1030 g/mol. The first-order valence-electron chi connectivity index (χ1n) is 27.0. The molecule has 1 aromatic carbocycles. The van der Waals surface area contributed by atoms with Gasteiger partial charge in [0.05, 0.1) is 34.3 Å². The number of nitrogens with zero attached hydrogens (tertiary/aromatic N) is 11. The van der Waals surface area contributed by atoms with Crippen LogP contribution in [0.4, 0.5) is 22.6 Å². The number of aromatic carboxylic acids is 1. The van der Waals surface area contributed by atoms with Crippen molar-refractivity contribution in [3.05, 3.63) is 77.5 Å². The zero-order chi connectivity index (χ0) is 52.1. The van der Waals surface area contributed by atoms with Crippen molar-refractivity contribution < 1.29 is 19.4 Å². The highest BCUT2D eigenvalue weighted by Gasteiger charge is 2.66. The van der Waals surface area contributed by atoms with E-state index in [1.54, 1.807) is 11.3 Å². The highest BCUT2D eigenvalue weighted by Crippen LogP contribution is 2.72. The van der Waals surface area contributed by atoms with Gasteiger partial charge in [-0.05, 0) is 157 Å². The third-order valence-corrected chi connectivity index (χ3v) is 16.7. The largest absolute Gasteiger partial charge is 0.476 e. The van der Waals surface area contributed by atoms with E-state index in [0.29, 0.717) is 36.0 Å². The van der Waals surface area contributed by atoms with Crippen LogP contribution in [-0.4, -0.2) is 113 Å². The normalized spacial score (nSPS) is 22.0. The Kier molecular flexibility index (Phi) is 16.1. The summed E-state index contributed by atoms with van der Waals surface area (Å²) in [5, 5.41) is 41.1. The minimum Gasteiger partial charge on any atom is -0.476 e. The summed E-state index contributed by atoms with van der Waals surface area (Å²) in [5.41, 5.74) is 5.34. The number of carboxylic acids is 1. The Hall–Kier alpha value is -5.85. The maximum atomic E-state index is 13.3. The fourth-order valence-electron chi connectivity index (χ4n) is 13.5. The number of aryl methyl sites for hydroxylation is 3. The molecule has 5 aromatic heterocycles. The van der Waals surface area contributed by atoms with Gasteiger partial charge >= 0.3 is 5.97 Å². The van der Waals surface area contributed by atoms with Crippen molar-refractivity contribution in [2.75, 3.05) is 50.6 Å². The van der Waals surface area contributed by atoms with Gasteiger partial charge in [0.2, 0.25) is 5.91 Å². The standard InChI is InChI=1S/C56H77N13O4S/c1-8-48(70)57-24-16-11-9-10-13-19-41-31-67(65-62-41)25-17-12-18-26-68(47-29-39(2)50(64-63-47)61-52-59-44-20-14-15-21-45(44)74-52)46-23-22-42(49(60-46)51(71)72)43-30-58-69(40(43)3)38-55-33-53(4)32-54(5,34-55)36-56(35-53,37-55)73-28-27-66(6)7/h14-15,20-23,29-31H,8-13,16-19,24-28,32-38H2,1-7H3,(H,57,70)(H,71,72)(H,59,61,64)/t53-,54+,55?,56?. The molecule has 6 aromatic rings. The summed E-state index contributed by atoms with van der Waals surface area (Å²) >= 11 is 1.56. The molecule has 4 aliphatic rings. The third kappa shape index (κ3) is 12.5. The number of aromatic nitrogens is 9. The predicted molar refractivity (Wildman–Crippen MR) is 291 cm³/mol. The van der Waals surface area contributed by atoms with Crippen molar-refractivity contribution in [1.29, 1.82) is 0 Å². The second kappa shape index (κ2) is 22.6. The Labute approximate surface area is 440 Å². The number of nitrogens with one attached hydrogen (secondary N) is 2. The molecule has 2 unspecified atom stereocenters. The number of unbranched alkanes of at least 4 members (excludes halogenated alkanes) is 6. The molecule has 0 radical (unpaired) electrons. The molecular weight excluding hydrogens is 951 g/mol. The molecular formula is C56H77N13O4S. The van der Waals surface area contributed by atoms with E-state index in [1.165, 1.54) is 6.42 Å². The second-order valence-electron chi connectivity index (χ2n) is 22.9. The maximum Gasteiger partial charge on any atom is 0.355 e. The zero-order valence-corrected chi connectivity index (χ0v) is 45.6. The van der Waals surface area contributed by atoms with Gasteiger partial charge in [0.25, 0.3) is 0 Å². The number of carbonyl (C=O) groups is 2. The Balaban J connectivity index is 0.893. The molecule has 4 fully saturated rings. The first kappa shape index (κ1) is 53.0. The van der Waals surface area contributed by atoms with Crippen LogP contribution in [0.25, 0.3) is 21.3 Å². The summed E-state index contributed by atoms with van der Waals surface area (Å²) in [6.45, 7) is 15.3. The number of fused-ring (bicyclic) bond motifs is 1. The Morgan fingerprint density at radius 1 is 0.838 bits per heavy atom. The molecule has 17 nitrogen and oxygen atoms in total. The lowest BCUT2D eigenvalue weighted by Crippen LogP contribution is -2.64. The van der Waals surface area contributed by atoms with Crippen LogP contribution in [0.1, 0.15) is 145 Å². The molecule has 0 aliphatic heterocycles. The van der Waals surface area contributed by atoms with E-state index in [0.717, 1.165) is 161 Å². The highest BCUT2D eigenvalue weighted by molar-refractivity contribution is 7.22. The number of rotatable bonds is 27. The van der Waals surface area contributed by atoms with Gasteiger partial charge in [-0.2, -0.15) is 5.10 Å². The van der Waals surface area contributed by atoms with Crippen molar-refractivity contribution >= 4 is 56.0 Å². The number of benzene rings is 1. The molecule has 4 atom stereocenters. The minimum absolute atomic E-state index is 0.0311. The molecule has 4 bridgehead atoms. The Morgan fingerprint density at radius 3 is 2.36 bits per heavy atom. The fourth-order valence-corrected chi connectivity index (χ4v) is 14.3. The fraction of sp³-hybridized carbons (Fsp3) is 0.589. The number of carboxylic acid groups (broad SMARTS) is 1. The number of hydrogen-bond donors (Lipinski definition) is 3. The molecule has 1 amide bonds. The lowest BCUT2D eigenvalue weighted by atomic mass is 9.39. The minimum atomic E-state index is -1.10. The molecule has 0 saturated heterocycles. The number of anilines is 4. The summed E-state index contributed by atoms with van der Waals surface area (Å²) in [5.74, 6) is 0.662. The van der Waals surface area contributed by atoms with Gasteiger partial charge in [-0.25, -0.2) is 14.8 Å². The van der Waals surface area contributed by atoms with Gasteiger partial charge in [0.15, 0.2) is 22.5 Å². The van der Waals surface area contributed by atoms with Gasteiger partial charge in [-0.15, -0.1) is 15.3 Å². The van der Waals surface area contributed by atoms with Crippen molar-refractivity contribution in [2.24, 2.45) is 16.2 Å². The maximum absolute atomic E-state index is 13.3. The van der Waals surface area contributed by atoms with Gasteiger partial charge < -0.3 is 30.3 Å². The number of para-hydroxylation sites is 1. The molecule has 4 aliphatic carbocycles. The smallest absolute Gasteiger partial charge is 0.355 e.